The molecule has 3 nitrogen and oxygen atoms in total. The number of halogens is 1. The minimum atomic E-state index is -0.288. The lowest BCUT2D eigenvalue weighted by atomic mass is 9.93. The smallest absolute Gasteiger partial charge is 0.261 e. The van der Waals surface area contributed by atoms with Gasteiger partial charge in [-0.1, -0.05) is 0 Å². The SMILES string of the molecule is O=C(NC1CCC(O)CC1)c1cc2cc(F)ccc2s1. The number of hydrogen-bond donors (Lipinski definition) is 2. The van der Waals surface area contributed by atoms with Crippen molar-refractivity contribution in [1.29, 1.82) is 0 Å². The maximum Gasteiger partial charge on any atom is 0.261 e. The Morgan fingerprint density at radius 3 is 2.75 bits per heavy atom. The maximum absolute atomic E-state index is 13.1. The van der Waals surface area contributed by atoms with Crippen LogP contribution in [0.1, 0.15) is 35.4 Å². The molecule has 0 unspecified atom stereocenters. The number of carbonyl (C=O) groups is 1. The zero-order valence-electron chi connectivity index (χ0n) is 10.9. The van der Waals surface area contributed by atoms with Gasteiger partial charge in [-0.25, -0.2) is 4.39 Å². The van der Waals surface area contributed by atoms with Crippen LogP contribution in [0.3, 0.4) is 0 Å². The topological polar surface area (TPSA) is 49.3 Å². The molecule has 1 saturated carbocycles. The van der Waals surface area contributed by atoms with E-state index in [1.165, 1.54) is 23.5 Å². The average molecular weight is 293 g/mol. The molecule has 2 N–H and O–H groups in total. The van der Waals surface area contributed by atoms with Crippen LogP contribution in [0.15, 0.2) is 24.3 Å². The fourth-order valence-electron chi connectivity index (χ4n) is 2.60. The second kappa shape index (κ2) is 5.50. The third-order valence-corrected chi connectivity index (χ3v) is 4.85. The summed E-state index contributed by atoms with van der Waals surface area (Å²) in [5, 5.41) is 13.2. The summed E-state index contributed by atoms with van der Waals surface area (Å²) in [5.74, 6) is -0.392. The molecule has 1 aromatic heterocycles. The molecule has 0 bridgehead atoms. The number of fused-ring (bicyclic) bond motifs is 1. The molecular formula is C15H16FNO2S. The van der Waals surface area contributed by atoms with Crippen molar-refractivity contribution in [3.63, 3.8) is 0 Å². The van der Waals surface area contributed by atoms with Crippen LogP contribution >= 0.6 is 11.3 Å². The average Bonchev–Trinajstić information content (AvgIpc) is 2.84. The highest BCUT2D eigenvalue weighted by atomic mass is 32.1. The molecule has 1 fully saturated rings. The van der Waals surface area contributed by atoms with E-state index in [2.05, 4.69) is 5.32 Å². The standard InChI is InChI=1S/C15H16FNO2S/c16-10-1-6-13-9(7-10)8-14(20-13)15(19)17-11-2-4-12(18)5-3-11/h1,6-8,11-12,18H,2-5H2,(H,17,19). The lowest BCUT2D eigenvalue weighted by Crippen LogP contribution is -2.38. The van der Waals surface area contributed by atoms with Crippen LogP contribution in [0.2, 0.25) is 0 Å². The number of aliphatic hydroxyl groups excluding tert-OH is 1. The van der Waals surface area contributed by atoms with Crippen LogP contribution in [0.4, 0.5) is 4.39 Å². The summed E-state index contributed by atoms with van der Waals surface area (Å²) in [5.41, 5.74) is 0. The van der Waals surface area contributed by atoms with Crippen LogP contribution in [0, 0.1) is 5.82 Å². The Morgan fingerprint density at radius 1 is 1.25 bits per heavy atom. The highest BCUT2D eigenvalue weighted by molar-refractivity contribution is 7.20. The van der Waals surface area contributed by atoms with Crippen LogP contribution in [-0.4, -0.2) is 23.2 Å². The summed E-state index contributed by atoms with van der Waals surface area (Å²) < 4.78 is 14.0. The minimum Gasteiger partial charge on any atom is -0.393 e. The lowest BCUT2D eigenvalue weighted by molar-refractivity contribution is 0.0871. The summed E-state index contributed by atoms with van der Waals surface area (Å²) >= 11 is 1.38. The highest BCUT2D eigenvalue weighted by Gasteiger charge is 2.22. The highest BCUT2D eigenvalue weighted by Crippen LogP contribution is 2.27. The van der Waals surface area contributed by atoms with E-state index in [1.54, 1.807) is 12.1 Å². The number of amides is 1. The van der Waals surface area contributed by atoms with Crippen molar-refractivity contribution in [2.75, 3.05) is 0 Å². The fourth-order valence-corrected chi connectivity index (χ4v) is 3.55. The van der Waals surface area contributed by atoms with Gasteiger partial charge in [0.15, 0.2) is 0 Å². The van der Waals surface area contributed by atoms with E-state index in [9.17, 15) is 14.3 Å². The normalized spacial score (nSPS) is 22.9. The van der Waals surface area contributed by atoms with E-state index < -0.39 is 0 Å². The first-order chi connectivity index (χ1) is 9.61. The summed E-state index contributed by atoms with van der Waals surface area (Å²) in [6.45, 7) is 0. The first-order valence-corrected chi connectivity index (χ1v) is 7.61. The Balaban J connectivity index is 1.72. The Hall–Kier alpha value is -1.46. The van der Waals surface area contributed by atoms with Gasteiger partial charge in [0.05, 0.1) is 11.0 Å². The number of rotatable bonds is 2. The predicted molar refractivity (Wildman–Crippen MR) is 77.5 cm³/mol. The van der Waals surface area contributed by atoms with Crippen molar-refractivity contribution in [2.45, 2.75) is 37.8 Å². The van der Waals surface area contributed by atoms with Crippen LogP contribution in [0.25, 0.3) is 10.1 Å². The van der Waals surface area contributed by atoms with E-state index in [0.717, 1.165) is 35.8 Å². The van der Waals surface area contributed by atoms with Crippen LogP contribution in [-0.2, 0) is 0 Å². The Labute approximate surface area is 120 Å². The van der Waals surface area contributed by atoms with E-state index in [1.807, 2.05) is 0 Å². The number of aliphatic hydroxyl groups is 1. The second-order valence-electron chi connectivity index (χ2n) is 5.27. The van der Waals surface area contributed by atoms with Gasteiger partial charge in [-0.2, -0.15) is 0 Å². The van der Waals surface area contributed by atoms with Crippen LogP contribution in [0.5, 0.6) is 0 Å². The number of carbonyl (C=O) groups excluding carboxylic acids is 1. The quantitative estimate of drug-likeness (QED) is 0.894. The molecule has 1 amide bonds. The van der Waals surface area contributed by atoms with Crippen LogP contribution < -0.4 is 5.32 Å². The number of nitrogens with one attached hydrogen (secondary N) is 1. The number of hydrogen-bond acceptors (Lipinski definition) is 3. The summed E-state index contributed by atoms with van der Waals surface area (Å²) in [6.07, 6.45) is 2.87. The van der Waals surface area contributed by atoms with E-state index in [0.29, 0.717) is 4.88 Å². The molecule has 0 atom stereocenters. The molecule has 0 saturated heterocycles. The molecule has 20 heavy (non-hydrogen) atoms. The first kappa shape index (κ1) is 13.5. The molecule has 0 radical (unpaired) electrons. The molecule has 1 aliphatic carbocycles. The van der Waals surface area contributed by atoms with E-state index in [-0.39, 0.29) is 23.9 Å². The molecule has 1 aliphatic rings. The van der Waals surface area contributed by atoms with E-state index >= 15 is 0 Å². The number of benzene rings is 1. The van der Waals surface area contributed by atoms with Gasteiger partial charge in [-0.15, -0.1) is 11.3 Å². The summed E-state index contributed by atoms with van der Waals surface area (Å²) in [6, 6.07) is 6.41. The molecule has 3 rings (SSSR count). The molecule has 106 valence electrons. The van der Waals surface area contributed by atoms with Crippen molar-refractivity contribution in [3.8, 4) is 0 Å². The molecule has 5 heteroatoms. The molecule has 0 spiro atoms. The van der Waals surface area contributed by atoms with Crippen molar-refractivity contribution in [2.24, 2.45) is 0 Å². The summed E-state index contributed by atoms with van der Waals surface area (Å²) in [7, 11) is 0. The third-order valence-electron chi connectivity index (χ3n) is 3.73. The maximum atomic E-state index is 13.1. The molecule has 1 heterocycles. The molecular weight excluding hydrogens is 277 g/mol. The van der Waals surface area contributed by atoms with Gasteiger partial charge < -0.3 is 10.4 Å². The van der Waals surface area contributed by atoms with Crippen molar-refractivity contribution >= 4 is 27.3 Å². The molecule has 1 aromatic carbocycles. The third kappa shape index (κ3) is 2.83. The Kier molecular flexibility index (Phi) is 3.72. The Bertz CT molecular complexity index is 632. The van der Waals surface area contributed by atoms with Gasteiger partial charge in [0.1, 0.15) is 5.82 Å². The molecule has 2 aromatic rings. The number of thiophene rings is 1. The fraction of sp³-hybridized carbons (Fsp3) is 0.400. The summed E-state index contributed by atoms with van der Waals surface area (Å²) in [4.78, 5) is 12.8. The van der Waals surface area contributed by atoms with Gasteiger partial charge in [0, 0.05) is 10.7 Å². The van der Waals surface area contributed by atoms with Gasteiger partial charge in [-0.05, 0) is 55.3 Å². The van der Waals surface area contributed by atoms with E-state index in [4.69, 9.17) is 0 Å². The van der Waals surface area contributed by atoms with Crippen molar-refractivity contribution in [1.82, 2.24) is 5.32 Å². The molecule has 0 aliphatic heterocycles. The largest absolute Gasteiger partial charge is 0.393 e. The van der Waals surface area contributed by atoms with Crippen molar-refractivity contribution < 1.29 is 14.3 Å². The van der Waals surface area contributed by atoms with Gasteiger partial charge in [0.25, 0.3) is 5.91 Å². The zero-order valence-corrected chi connectivity index (χ0v) is 11.8. The zero-order chi connectivity index (χ0) is 14.1. The Morgan fingerprint density at radius 2 is 2.00 bits per heavy atom. The first-order valence-electron chi connectivity index (χ1n) is 6.80. The van der Waals surface area contributed by atoms with Gasteiger partial charge >= 0.3 is 0 Å². The predicted octanol–water partition coefficient (Wildman–Crippen LogP) is 3.07. The van der Waals surface area contributed by atoms with Crippen molar-refractivity contribution in [3.05, 3.63) is 35.0 Å². The lowest BCUT2D eigenvalue weighted by Gasteiger charge is -2.25. The minimum absolute atomic E-state index is 0.104. The monoisotopic (exact) mass is 293 g/mol. The van der Waals surface area contributed by atoms with Gasteiger partial charge in [-0.3, -0.25) is 4.79 Å². The second-order valence-corrected chi connectivity index (χ2v) is 6.36. The van der Waals surface area contributed by atoms with Gasteiger partial charge in [0.2, 0.25) is 0 Å².